The molecule has 0 saturated carbocycles. The molecule has 2 rings (SSSR count). The van der Waals surface area contributed by atoms with Crippen LogP contribution in [-0.2, 0) is 18.0 Å². The third kappa shape index (κ3) is 7.34. The molecule has 5 heteroatoms. The molecule has 0 aliphatic rings. The summed E-state index contributed by atoms with van der Waals surface area (Å²) in [4.78, 5) is 0. The molecule has 1 N–H and O–H groups in total. The van der Waals surface area contributed by atoms with Gasteiger partial charge in [-0.05, 0) is 25.0 Å². The molecule has 0 aliphatic heterocycles. The van der Waals surface area contributed by atoms with Crippen molar-refractivity contribution < 1.29 is 4.74 Å². The molecule has 0 saturated heterocycles. The zero-order valence-electron chi connectivity index (χ0n) is 17.2. The molecule has 1 heterocycles. The Bertz CT molecular complexity index is 692. The smallest absolute Gasteiger partial charge is 0.204 e. The number of benzene rings is 1. The maximum absolute atomic E-state index is 8.53. The van der Waals surface area contributed by atoms with Crippen molar-refractivity contribution in [1.82, 2.24) is 9.13 Å². The summed E-state index contributed by atoms with van der Waals surface area (Å²) in [5.41, 5.74) is 2.79. The Balaban J connectivity index is 0.00000364. The van der Waals surface area contributed by atoms with Crippen LogP contribution in [0.3, 0.4) is 0 Å². The minimum absolute atomic E-state index is 0. The number of imidazole rings is 1. The number of hydrogen-bond donors (Lipinski definition) is 1. The highest BCUT2D eigenvalue weighted by atomic mass is 35.5. The monoisotopic (exact) mass is 395 g/mol. The molecular formula is C22H38ClN3O. The van der Waals surface area contributed by atoms with E-state index in [0.29, 0.717) is 12.3 Å². The lowest BCUT2D eigenvalue weighted by molar-refractivity contribution is 0.0729. The number of nitrogens with zero attached hydrogens (tertiary/aromatic N) is 2. The maximum Gasteiger partial charge on any atom is 0.204 e. The van der Waals surface area contributed by atoms with Gasteiger partial charge in [-0.15, -0.1) is 12.4 Å². The van der Waals surface area contributed by atoms with Gasteiger partial charge < -0.3 is 9.30 Å². The molecule has 1 aromatic heterocycles. The van der Waals surface area contributed by atoms with Gasteiger partial charge in [-0.1, -0.05) is 77.3 Å². The Labute approximate surface area is 170 Å². The molecule has 2 aromatic rings. The standard InChI is InChI=1S/C22H37N3O.ClH/c1-3-5-7-8-9-10-11-14-18-26-19-25-21-16-13-12-15-20(21)24(22(25)23)17-6-4-2;/h12-13,15-16,23H,3-11,14,17-19H2,1-2H3;1H. The quantitative estimate of drug-likeness (QED) is 0.377. The molecule has 4 nitrogen and oxygen atoms in total. The van der Waals surface area contributed by atoms with Crippen LogP contribution < -0.4 is 5.62 Å². The van der Waals surface area contributed by atoms with Crippen LogP contribution >= 0.6 is 12.4 Å². The zero-order chi connectivity index (χ0) is 18.6. The summed E-state index contributed by atoms with van der Waals surface area (Å²) in [5, 5.41) is 8.53. The van der Waals surface area contributed by atoms with Crippen molar-refractivity contribution in [3.63, 3.8) is 0 Å². The van der Waals surface area contributed by atoms with Gasteiger partial charge in [0.2, 0.25) is 5.62 Å². The minimum Gasteiger partial charge on any atom is -0.361 e. The van der Waals surface area contributed by atoms with Gasteiger partial charge in [0, 0.05) is 13.2 Å². The summed E-state index contributed by atoms with van der Waals surface area (Å²) in [6.07, 6.45) is 12.8. The zero-order valence-corrected chi connectivity index (χ0v) is 18.0. The average molecular weight is 396 g/mol. The second-order valence-electron chi connectivity index (χ2n) is 7.26. The number of halogens is 1. The molecule has 0 fully saturated rings. The highest BCUT2D eigenvalue weighted by Gasteiger charge is 2.09. The Hall–Kier alpha value is -1.26. The lowest BCUT2D eigenvalue weighted by atomic mass is 10.1. The first-order valence-electron chi connectivity index (χ1n) is 10.6. The number of para-hydroxylation sites is 2. The summed E-state index contributed by atoms with van der Waals surface area (Å²) < 4.78 is 10.0. The average Bonchev–Trinajstić information content (AvgIpc) is 2.93. The van der Waals surface area contributed by atoms with E-state index >= 15 is 0 Å². The molecule has 0 radical (unpaired) electrons. The number of aryl methyl sites for hydroxylation is 1. The van der Waals surface area contributed by atoms with Gasteiger partial charge in [0.05, 0.1) is 11.0 Å². The van der Waals surface area contributed by atoms with Crippen molar-refractivity contribution in [2.45, 2.75) is 91.3 Å². The largest absolute Gasteiger partial charge is 0.361 e. The fourth-order valence-corrected chi connectivity index (χ4v) is 3.46. The number of nitrogens with one attached hydrogen (secondary N) is 1. The van der Waals surface area contributed by atoms with E-state index in [1.807, 2.05) is 10.6 Å². The fourth-order valence-electron chi connectivity index (χ4n) is 3.46. The fraction of sp³-hybridized carbons (Fsp3) is 0.682. The second-order valence-corrected chi connectivity index (χ2v) is 7.26. The van der Waals surface area contributed by atoms with Crippen LogP contribution in [0.5, 0.6) is 0 Å². The molecule has 0 atom stereocenters. The van der Waals surface area contributed by atoms with E-state index in [4.69, 9.17) is 10.1 Å². The van der Waals surface area contributed by atoms with Gasteiger partial charge in [-0.25, -0.2) is 0 Å². The predicted octanol–water partition coefficient (Wildman–Crippen LogP) is 6.26. The van der Waals surface area contributed by atoms with Crippen LogP contribution in [0.25, 0.3) is 11.0 Å². The van der Waals surface area contributed by atoms with Crippen LogP contribution in [0.4, 0.5) is 0 Å². The third-order valence-electron chi connectivity index (χ3n) is 5.07. The number of unbranched alkanes of at least 4 members (excludes halogenated alkanes) is 8. The van der Waals surface area contributed by atoms with E-state index in [1.54, 1.807) is 0 Å². The van der Waals surface area contributed by atoms with E-state index in [-0.39, 0.29) is 12.4 Å². The SMILES string of the molecule is CCCCCCCCCCOCn1c(=N)n(CCCC)c2ccccc21.Cl. The lowest BCUT2D eigenvalue weighted by Gasteiger charge is -2.07. The van der Waals surface area contributed by atoms with Gasteiger partial charge in [0.15, 0.2) is 0 Å². The van der Waals surface area contributed by atoms with Crippen LogP contribution in [0.2, 0.25) is 0 Å². The van der Waals surface area contributed by atoms with Crippen molar-refractivity contribution in [3.8, 4) is 0 Å². The van der Waals surface area contributed by atoms with Crippen molar-refractivity contribution >= 4 is 23.4 Å². The van der Waals surface area contributed by atoms with E-state index in [0.717, 1.165) is 43.4 Å². The highest BCUT2D eigenvalue weighted by molar-refractivity contribution is 5.85. The van der Waals surface area contributed by atoms with Gasteiger partial charge in [-0.3, -0.25) is 9.98 Å². The van der Waals surface area contributed by atoms with Crippen molar-refractivity contribution in [3.05, 3.63) is 29.9 Å². The van der Waals surface area contributed by atoms with E-state index in [2.05, 4.69) is 36.6 Å². The number of aromatic nitrogens is 2. The number of rotatable bonds is 14. The summed E-state index contributed by atoms with van der Waals surface area (Å²) in [6.45, 7) is 6.63. The molecule has 0 aliphatic carbocycles. The molecule has 0 spiro atoms. The summed E-state index contributed by atoms with van der Waals surface area (Å²) >= 11 is 0. The molecule has 0 bridgehead atoms. The number of fused-ring (bicyclic) bond motifs is 1. The topological polar surface area (TPSA) is 42.9 Å². The summed E-state index contributed by atoms with van der Waals surface area (Å²) in [7, 11) is 0. The minimum atomic E-state index is 0. The van der Waals surface area contributed by atoms with E-state index in [9.17, 15) is 0 Å². The van der Waals surface area contributed by atoms with Crippen molar-refractivity contribution in [2.24, 2.45) is 0 Å². The second kappa shape index (κ2) is 13.8. The van der Waals surface area contributed by atoms with Crippen molar-refractivity contribution in [1.29, 1.82) is 5.41 Å². The molecule has 27 heavy (non-hydrogen) atoms. The number of ether oxygens (including phenoxy) is 1. The first-order valence-corrected chi connectivity index (χ1v) is 10.6. The first kappa shape index (κ1) is 23.8. The highest BCUT2D eigenvalue weighted by Crippen LogP contribution is 2.14. The van der Waals surface area contributed by atoms with E-state index in [1.165, 1.54) is 44.9 Å². The Kier molecular flexibility index (Phi) is 12.2. The van der Waals surface area contributed by atoms with Crippen molar-refractivity contribution in [2.75, 3.05) is 6.61 Å². The Morgan fingerprint density at radius 1 is 0.778 bits per heavy atom. The summed E-state index contributed by atoms with van der Waals surface area (Å²) in [6, 6.07) is 8.30. The van der Waals surface area contributed by atoms with Gasteiger partial charge in [0.1, 0.15) is 6.73 Å². The summed E-state index contributed by atoms with van der Waals surface area (Å²) in [5.74, 6) is 0. The normalized spacial score (nSPS) is 11.0. The lowest BCUT2D eigenvalue weighted by Crippen LogP contribution is -2.25. The Morgan fingerprint density at radius 3 is 1.96 bits per heavy atom. The predicted molar refractivity (Wildman–Crippen MR) is 117 cm³/mol. The van der Waals surface area contributed by atoms with E-state index < -0.39 is 0 Å². The van der Waals surface area contributed by atoms with Gasteiger partial charge in [0.25, 0.3) is 0 Å². The third-order valence-corrected chi connectivity index (χ3v) is 5.07. The van der Waals surface area contributed by atoms with Crippen LogP contribution in [0.1, 0.15) is 78.1 Å². The Morgan fingerprint density at radius 2 is 1.33 bits per heavy atom. The maximum atomic E-state index is 8.53. The van der Waals surface area contributed by atoms with Crippen LogP contribution in [0.15, 0.2) is 24.3 Å². The number of hydrogen-bond acceptors (Lipinski definition) is 2. The van der Waals surface area contributed by atoms with Gasteiger partial charge >= 0.3 is 0 Å². The molecular weight excluding hydrogens is 358 g/mol. The molecule has 1 aromatic carbocycles. The van der Waals surface area contributed by atoms with Crippen LogP contribution in [0, 0.1) is 5.41 Å². The van der Waals surface area contributed by atoms with Gasteiger partial charge in [-0.2, -0.15) is 0 Å². The molecule has 0 unspecified atom stereocenters. The van der Waals surface area contributed by atoms with Crippen LogP contribution in [-0.4, -0.2) is 15.7 Å². The molecule has 154 valence electrons. The molecule has 0 amide bonds. The first-order chi connectivity index (χ1) is 12.8.